The fraction of sp³-hybridized carbons (Fsp3) is 0.562. The van der Waals surface area contributed by atoms with Crippen molar-refractivity contribution in [1.82, 2.24) is 4.90 Å². The Morgan fingerprint density at radius 3 is 2.68 bits per heavy atom. The molecular formula is C16H20N2O4. The molecule has 2 aliphatic rings. The number of hydrogen-bond acceptors (Lipinski definition) is 4. The number of non-ortho nitro benzene ring substituents is 1. The van der Waals surface area contributed by atoms with Gasteiger partial charge in [-0.15, -0.1) is 0 Å². The Kier molecular flexibility index (Phi) is 3.87. The molecule has 1 amide bonds. The number of nitro groups is 1. The molecule has 1 aromatic carbocycles. The lowest BCUT2D eigenvalue weighted by Crippen LogP contribution is -2.54. The molecule has 1 saturated carbocycles. The van der Waals surface area contributed by atoms with Crippen molar-refractivity contribution in [2.75, 3.05) is 13.1 Å². The van der Waals surface area contributed by atoms with Gasteiger partial charge >= 0.3 is 0 Å². The van der Waals surface area contributed by atoms with Gasteiger partial charge in [0.25, 0.3) is 11.6 Å². The molecule has 1 aromatic rings. The van der Waals surface area contributed by atoms with E-state index in [1.165, 1.54) is 24.3 Å². The highest BCUT2D eigenvalue weighted by molar-refractivity contribution is 5.94. The quantitative estimate of drug-likeness (QED) is 0.671. The summed E-state index contributed by atoms with van der Waals surface area (Å²) in [5.74, 6) is 0.0412. The van der Waals surface area contributed by atoms with Crippen molar-refractivity contribution in [2.24, 2.45) is 5.92 Å². The maximum atomic E-state index is 12.5. The third-order valence-electron chi connectivity index (χ3n) is 5.04. The molecule has 0 radical (unpaired) electrons. The second-order valence-electron chi connectivity index (χ2n) is 6.35. The van der Waals surface area contributed by atoms with Crippen LogP contribution in [0.15, 0.2) is 24.3 Å². The number of rotatable bonds is 2. The highest BCUT2D eigenvalue weighted by Gasteiger charge is 2.43. The summed E-state index contributed by atoms with van der Waals surface area (Å²) in [4.78, 5) is 24.5. The molecule has 2 atom stereocenters. The Morgan fingerprint density at radius 1 is 1.27 bits per heavy atom. The first-order valence-electron chi connectivity index (χ1n) is 7.76. The molecule has 0 aromatic heterocycles. The van der Waals surface area contributed by atoms with E-state index < -0.39 is 10.5 Å². The smallest absolute Gasteiger partial charge is 0.269 e. The summed E-state index contributed by atoms with van der Waals surface area (Å²) >= 11 is 0. The Balaban J connectivity index is 1.71. The Morgan fingerprint density at radius 2 is 2.00 bits per heavy atom. The van der Waals surface area contributed by atoms with Crippen LogP contribution in [0.1, 0.15) is 42.5 Å². The van der Waals surface area contributed by atoms with Crippen molar-refractivity contribution in [2.45, 2.75) is 37.7 Å². The van der Waals surface area contributed by atoms with Gasteiger partial charge in [0.1, 0.15) is 0 Å². The zero-order chi connectivity index (χ0) is 15.7. The Bertz CT molecular complexity index is 586. The van der Waals surface area contributed by atoms with Crippen molar-refractivity contribution in [3.63, 3.8) is 0 Å². The van der Waals surface area contributed by atoms with E-state index in [1.807, 2.05) is 0 Å². The fourth-order valence-electron chi connectivity index (χ4n) is 3.66. The molecule has 6 nitrogen and oxygen atoms in total. The molecule has 6 heteroatoms. The monoisotopic (exact) mass is 304 g/mol. The number of benzene rings is 1. The van der Waals surface area contributed by atoms with Crippen molar-refractivity contribution >= 4 is 11.6 Å². The molecule has 118 valence electrons. The number of nitro benzene ring substituents is 1. The fourth-order valence-corrected chi connectivity index (χ4v) is 3.66. The first-order valence-corrected chi connectivity index (χ1v) is 7.76. The van der Waals surface area contributed by atoms with Gasteiger partial charge in [0, 0.05) is 36.7 Å². The first kappa shape index (κ1) is 15.0. The number of amides is 1. The van der Waals surface area contributed by atoms with E-state index in [2.05, 4.69) is 0 Å². The van der Waals surface area contributed by atoms with Gasteiger partial charge in [-0.05, 0) is 31.4 Å². The average molecular weight is 304 g/mol. The summed E-state index contributed by atoms with van der Waals surface area (Å²) < 4.78 is 0. The minimum Gasteiger partial charge on any atom is -0.389 e. The van der Waals surface area contributed by atoms with Crippen LogP contribution in [0.4, 0.5) is 5.69 Å². The van der Waals surface area contributed by atoms with E-state index in [0.29, 0.717) is 25.1 Å². The summed E-state index contributed by atoms with van der Waals surface area (Å²) in [6.45, 7) is 1.12. The summed E-state index contributed by atoms with van der Waals surface area (Å²) in [7, 11) is 0. The van der Waals surface area contributed by atoms with Crippen LogP contribution in [0.25, 0.3) is 0 Å². The number of likely N-dealkylation sites (tertiary alicyclic amines) is 1. The lowest BCUT2D eigenvalue weighted by Gasteiger charge is -2.47. The molecule has 3 rings (SSSR count). The molecular weight excluding hydrogens is 284 g/mol. The minimum atomic E-state index is -0.607. The number of fused-ring (bicyclic) bond motifs is 1. The van der Waals surface area contributed by atoms with E-state index in [9.17, 15) is 20.0 Å². The van der Waals surface area contributed by atoms with Crippen LogP contribution in [-0.4, -0.2) is 39.5 Å². The highest BCUT2D eigenvalue weighted by atomic mass is 16.6. The first-order chi connectivity index (χ1) is 10.5. The summed E-state index contributed by atoms with van der Waals surface area (Å²) in [6.07, 6.45) is 4.57. The molecule has 2 fully saturated rings. The van der Waals surface area contributed by atoms with Crippen LogP contribution in [-0.2, 0) is 0 Å². The molecule has 1 saturated heterocycles. The summed E-state index contributed by atoms with van der Waals surface area (Å²) in [6, 6.07) is 5.71. The Hall–Kier alpha value is -1.95. The third-order valence-corrected chi connectivity index (χ3v) is 5.04. The molecule has 22 heavy (non-hydrogen) atoms. The van der Waals surface area contributed by atoms with Gasteiger partial charge in [-0.2, -0.15) is 0 Å². The minimum absolute atomic E-state index is 0.0168. The van der Waals surface area contributed by atoms with Crippen LogP contribution in [0.3, 0.4) is 0 Å². The van der Waals surface area contributed by atoms with E-state index >= 15 is 0 Å². The molecule has 0 spiro atoms. The average Bonchev–Trinajstić information content (AvgIpc) is 2.53. The lowest BCUT2D eigenvalue weighted by molar-refractivity contribution is -0.384. The summed E-state index contributed by atoms with van der Waals surface area (Å²) in [5.41, 5.74) is -0.159. The number of carbonyl (C=O) groups excluding carboxylic acids is 1. The SMILES string of the molecule is O=C(c1ccc([N+](=O)[O-])cc1)N1CCC2(O)CCCCC2C1. The highest BCUT2D eigenvalue weighted by Crippen LogP contribution is 2.40. The van der Waals surface area contributed by atoms with E-state index in [1.54, 1.807) is 4.90 Å². The molecule has 1 aliphatic heterocycles. The summed E-state index contributed by atoms with van der Waals surface area (Å²) in [5, 5.41) is 21.3. The van der Waals surface area contributed by atoms with Crippen LogP contribution in [0.5, 0.6) is 0 Å². The van der Waals surface area contributed by atoms with Gasteiger partial charge in [0.2, 0.25) is 0 Å². The normalized spacial score (nSPS) is 28.0. The van der Waals surface area contributed by atoms with Crippen LogP contribution in [0.2, 0.25) is 0 Å². The van der Waals surface area contributed by atoms with Crippen LogP contribution < -0.4 is 0 Å². The zero-order valence-electron chi connectivity index (χ0n) is 12.4. The molecule has 1 heterocycles. The lowest BCUT2D eigenvalue weighted by atomic mass is 9.71. The second kappa shape index (κ2) is 5.68. The van der Waals surface area contributed by atoms with Crippen molar-refractivity contribution < 1.29 is 14.8 Å². The van der Waals surface area contributed by atoms with Crippen LogP contribution in [0, 0.1) is 16.0 Å². The van der Waals surface area contributed by atoms with Crippen molar-refractivity contribution in [1.29, 1.82) is 0 Å². The number of aliphatic hydroxyl groups is 1. The van der Waals surface area contributed by atoms with Crippen molar-refractivity contribution in [3.8, 4) is 0 Å². The molecule has 1 aliphatic carbocycles. The third kappa shape index (κ3) is 2.70. The molecule has 1 N–H and O–H groups in total. The molecule has 0 bridgehead atoms. The number of carbonyl (C=O) groups is 1. The van der Waals surface area contributed by atoms with E-state index in [0.717, 1.165) is 25.7 Å². The van der Waals surface area contributed by atoms with E-state index in [-0.39, 0.29) is 17.5 Å². The van der Waals surface area contributed by atoms with Gasteiger partial charge in [-0.3, -0.25) is 14.9 Å². The standard InChI is InChI=1S/C16H20N2O4/c19-15(12-4-6-14(7-5-12)18(21)22)17-10-9-16(20)8-2-1-3-13(16)11-17/h4-7,13,20H,1-3,8-11H2. The van der Waals surface area contributed by atoms with Gasteiger partial charge in [-0.1, -0.05) is 12.8 Å². The van der Waals surface area contributed by atoms with E-state index in [4.69, 9.17) is 0 Å². The van der Waals surface area contributed by atoms with Gasteiger partial charge < -0.3 is 10.0 Å². The van der Waals surface area contributed by atoms with Gasteiger partial charge in [0.05, 0.1) is 10.5 Å². The van der Waals surface area contributed by atoms with Crippen molar-refractivity contribution in [3.05, 3.63) is 39.9 Å². The maximum absolute atomic E-state index is 12.5. The van der Waals surface area contributed by atoms with Gasteiger partial charge in [0.15, 0.2) is 0 Å². The largest absolute Gasteiger partial charge is 0.389 e. The maximum Gasteiger partial charge on any atom is 0.269 e. The number of nitrogens with zero attached hydrogens (tertiary/aromatic N) is 2. The predicted octanol–water partition coefficient (Wildman–Crippen LogP) is 2.36. The topological polar surface area (TPSA) is 83.7 Å². The predicted molar refractivity (Wildman–Crippen MR) is 80.5 cm³/mol. The second-order valence-corrected chi connectivity index (χ2v) is 6.35. The number of hydrogen-bond donors (Lipinski definition) is 1. The van der Waals surface area contributed by atoms with Gasteiger partial charge in [-0.25, -0.2) is 0 Å². The molecule has 2 unspecified atom stereocenters. The Labute approximate surface area is 128 Å². The number of piperidine rings is 1. The zero-order valence-corrected chi connectivity index (χ0v) is 12.4. The van der Waals surface area contributed by atoms with Crippen LogP contribution >= 0.6 is 0 Å².